The summed E-state index contributed by atoms with van der Waals surface area (Å²) < 4.78 is 4.98. The van der Waals surface area contributed by atoms with Crippen LogP contribution in [0.1, 0.15) is 5.82 Å². The number of carbonyl (C=O) groups excluding carboxylic acids is 1. The molecule has 0 radical (unpaired) electrons. The van der Waals surface area contributed by atoms with Crippen molar-refractivity contribution in [2.75, 3.05) is 0 Å². The zero-order valence-electron chi connectivity index (χ0n) is 6.03. The summed E-state index contributed by atoms with van der Waals surface area (Å²) in [6, 6.07) is 0. The number of thiocarbonyl (C=S) groups is 1. The third kappa shape index (κ3) is 2.98. The smallest absolute Gasteiger partial charge is 0.394 e. The van der Waals surface area contributed by atoms with Gasteiger partial charge in [0.2, 0.25) is 5.88 Å². The number of hydrogen-bond acceptors (Lipinski definition) is 5. The molecule has 0 unspecified atom stereocenters. The van der Waals surface area contributed by atoms with Crippen molar-refractivity contribution in [2.45, 2.75) is 0 Å². The van der Waals surface area contributed by atoms with Gasteiger partial charge in [-0.1, -0.05) is 12.2 Å². The van der Waals surface area contributed by atoms with Crippen molar-refractivity contribution in [3.05, 3.63) is 16.5 Å². The first kappa shape index (κ1) is 10.5. The van der Waals surface area contributed by atoms with E-state index in [4.69, 9.17) is 11.6 Å². The fourth-order valence-corrected chi connectivity index (χ4v) is 1.03. The molecular weight excluding hydrogens is 280 g/mol. The summed E-state index contributed by atoms with van der Waals surface area (Å²) in [5.74, 6) is 0.331. The van der Waals surface area contributed by atoms with E-state index in [-0.39, 0.29) is 11.7 Å². The molecule has 13 heavy (non-hydrogen) atoms. The predicted molar refractivity (Wildman–Crippen MR) is 54.4 cm³/mol. The molecule has 1 aromatic heterocycles. The molecule has 1 rings (SSSR count). The van der Waals surface area contributed by atoms with Crippen molar-refractivity contribution in [2.24, 2.45) is 0 Å². The van der Waals surface area contributed by atoms with Gasteiger partial charge >= 0.3 is 5.43 Å². The van der Waals surface area contributed by atoms with Crippen LogP contribution in [0.25, 0.3) is 0 Å². The van der Waals surface area contributed by atoms with E-state index >= 15 is 0 Å². The Bertz CT molecular complexity index is 360. The molecule has 0 saturated carbocycles. The second-order valence-corrected chi connectivity index (χ2v) is 3.24. The molecule has 0 aliphatic rings. The summed E-state index contributed by atoms with van der Waals surface area (Å²) in [5, 5.41) is 1.26. The largest absolute Gasteiger partial charge is 0.410 e. The summed E-state index contributed by atoms with van der Waals surface area (Å²) in [5.41, 5.74) is -0.963. The lowest BCUT2D eigenvalue weighted by molar-refractivity contribution is 0.223. The molecule has 0 aliphatic carbocycles. The second kappa shape index (κ2) is 4.59. The minimum absolute atomic E-state index is 0.0473. The molecule has 0 fully saturated rings. The normalized spacial score (nSPS) is 9.38. The van der Waals surface area contributed by atoms with Crippen molar-refractivity contribution < 1.29 is 9.53 Å². The van der Waals surface area contributed by atoms with Gasteiger partial charge in [-0.3, -0.25) is 0 Å². The fraction of sp³-hybridized carbons (Fsp3) is 0. The van der Waals surface area contributed by atoms with Gasteiger partial charge in [0.1, 0.15) is 0 Å². The van der Waals surface area contributed by atoms with Crippen LogP contribution >= 0.6 is 39.7 Å². The molecule has 0 N–H and O–H groups in total. The molecule has 4 nitrogen and oxygen atoms in total. The highest BCUT2D eigenvalue weighted by Crippen LogP contribution is 2.21. The lowest BCUT2D eigenvalue weighted by Gasteiger charge is -2.00. The average Bonchev–Trinajstić information content (AvgIpc) is 2.08. The lowest BCUT2D eigenvalue weighted by Crippen LogP contribution is -2.02. The minimum atomic E-state index is -0.963. The molecule has 1 heterocycles. The van der Waals surface area contributed by atoms with Crippen LogP contribution in [0.4, 0.5) is 4.79 Å². The monoisotopic (exact) mass is 280 g/mol. The summed E-state index contributed by atoms with van der Waals surface area (Å²) in [6.07, 6.45) is 1.42. The fourth-order valence-electron chi connectivity index (χ4n) is 0.569. The van der Waals surface area contributed by atoms with E-state index in [9.17, 15) is 4.79 Å². The van der Waals surface area contributed by atoms with Gasteiger partial charge in [0, 0.05) is 23.2 Å². The van der Waals surface area contributed by atoms with E-state index in [0.717, 1.165) is 0 Å². The number of aromatic nitrogens is 2. The Hall–Kier alpha value is -0.590. The Morgan fingerprint density at radius 1 is 1.77 bits per heavy atom. The first-order chi connectivity index (χ1) is 6.13. The lowest BCUT2D eigenvalue weighted by atomic mass is 10.6. The van der Waals surface area contributed by atoms with Crippen molar-refractivity contribution in [1.29, 1.82) is 0 Å². The van der Waals surface area contributed by atoms with Crippen LogP contribution in [0.15, 0.2) is 10.7 Å². The maximum atomic E-state index is 10.4. The van der Waals surface area contributed by atoms with Gasteiger partial charge in [0.05, 0.1) is 4.47 Å². The molecule has 0 aromatic carbocycles. The van der Waals surface area contributed by atoms with Crippen molar-refractivity contribution in [3.63, 3.8) is 0 Å². The topological polar surface area (TPSA) is 52.1 Å². The highest BCUT2D eigenvalue weighted by molar-refractivity contribution is 9.10. The zero-order valence-corrected chi connectivity index (χ0v) is 9.19. The van der Waals surface area contributed by atoms with Crippen LogP contribution in [0, 0.1) is 0 Å². The summed E-state index contributed by atoms with van der Waals surface area (Å²) in [4.78, 5) is 18.0. The van der Waals surface area contributed by atoms with Crippen molar-refractivity contribution in [1.82, 2.24) is 9.97 Å². The molecule has 7 heteroatoms. The summed E-state index contributed by atoms with van der Waals surface area (Å²) >= 11 is 12.7. The van der Waals surface area contributed by atoms with Gasteiger partial charge in [0.15, 0.2) is 5.82 Å². The van der Waals surface area contributed by atoms with Gasteiger partial charge in [-0.25, -0.2) is 9.78 Å². The first-order valence-electron chi connectivity index (χ1n) is 2.98. The minimum Gasteiger partial charge on any atom is -0.394 e. The number of halogens is 2. The Kier molecular flexibility index (Phi) is 3.71. The molecular formula is C6H2BrClN2O2S. The number of nitrogens with zero attached hydrogens (tertiary/aromatic N) is 2. The molecule has 0 atom stereocenters. The first-order valence-corrected chi connectivity index (χ1v) is 4.62. The third-order valence-electron chi connectivity index (χ3n) is 1.01. The van der Waals surface area contributed by atoms with Crippen LogP contribution in [0.5, 0.6) is 5.88 Å². The van der Waals surface area contributed by atoms with Gasteiger partial charge in [-0.15, -0.1) is 0 Å². The number of ether oxygens (including phenoxy) is 1. The average molecular weight is 282 g/mol. The molecule has 0 bridgehead atoms. The standard InChI is InChI=1S/C6H2BrClN2O2S/c7-3-1-9-4(2-13)10-5(3)12-6(8)11/h1-2H. The van der Waals surface area contributed by atoms with E-state index in [0.29, 0.717) is 4.47 Å². The Balaban J connectivity index is 3.03. The van der Waals surface area contributed by atoms with Crippen LogP contribution in [0.2, 0.25) is 0 Å². The molecule has 0 aliphatic heterocycles. The highest BCUT2D eigenvalue weighted by Gasteiger charge is 2.08. The van der Waals surface area contributed by atoms with Gasteiger partial charge < -0.3 is 4.74 Å². The Morgan fingerprint density at radius 2 is 2.46 bits per heavy atom. The molecule has 0 saturated heterocycles. The van der Waals surface area contributed by atoms with Crippen molar-refractivity contribution in [3.8, 4) is 5.88 Å². The maximum Gasteiger partial charge on any atom is 0.410 e. The number of carbonyl (C=O) groups is 1. The number of rotatable bonds is 2. The van der Waals surface area contributed by atoms with Gasteiger partial charge in [-0.2, -0.15) is 4.98 Å². The predicted octanol–water partition coefficient (Wildman–Crippen LogP) is 2.32. The Morgan fingerprint density at radius 3 is 3.00 bits per heavy atom. The molecule has 68 valence electrons. The zero-order chi connectivity index (χ0) is 9.84. The van der Waals surface area contributed by atoms with Gasteiger partial charge in [0.25, 0.3) is 0 Å². The van der Waals surface area contributed by atoms with E-state index in [2.05, 4.69) is 42.9 Å². The quantitative estimate of drug-likeness (QED) is 0.615. The van der Waals surface area contributed by atoms with Crippen molar-refractivity contribution >= 4 is 50.5 Å². The van der Waals surface area contributed by atoms with Crippen LogP contribution in [-0.4, -0.2) is 20.8 Å². The number of hydrogen-bond donors (Lipinski definition) is 0. The molecule has 1 aromatic rings. The summed E-state index contributed by atoms with van der Waals surface area (Å²) in [6.45, 7) is 0. The Labute approximate surface area is 92.4 Å². The maximum absolute atomic E-state index is 10.4. The van der Waals surface area contributed by atoms with Crippen LogP contribution in [-0.2, 0) is 0 Å². The van der Waals surface area contributed by atoms with E-state index < -0.39 is 5.43 Å². The second-order valence-electron chi connectivity index (χ2n) is 1.84. The van der Waals surface area contributed by atoms with Gasteiger partial charge in [-0.05, 0) is 15.9 Å². The van der Waals surface area contributed by atoms with Crippen LogP contribution in [0.3, 0.4) is 0 Å². The molecule has 0 amide bonds. The van der Waals surface area contributed by atoms with Crippen LogP contribution < -0.4 is 4.74 Å². The van der Waals surface area contributed by atoms with E-state index in [1.165, 1.54) is 11.6 Å². The highest BCUT2D eigenvalue weighted by atomic mass is 79.9. The SMILES string of the molecule is O=C(Cl)Oc1nc(C=S)ncc1Br. The third-order valence-corrected chi connectivity index (χ3v) is 1.84. The molecule has 0 spiro atoms. The van der Waals surface area contributed by atoms with E-state index in [1.807, 2.05) is 0 Å². The summed E-state index contributed by atoms with van der Waals surface area (Å²) in [7, 11) is 0. The van der Waals surface area contributed by atoms with E-state index in [1.54, 1.807) is 0 Å².